The third-order valence-electron chi connectivity index (χ3n) is 3.13. The molecule has 0 aliphatic heterocycles. The Kier molecular flexibility index (Phi) is 11.4. The van der Waals surface area contributed by atoms with Gasteiger partial charge in [-0.2, -0.15) is 0 Å². The lowest BCUT2D eigenvalue weighted by molar-refractivity contribution is 0.0917. The van der Waals surface area contributed by atoms with Crippen LogP contribution in [0.2, 0.25) is 0 Å². The van der Waals surface area contributed by atoms with Gasteiger partial charge in [0.25, 0.3) is 0 Å². The number of methoxy groups -OCH3 is 1. The van der Waals surface area contributed by atoms with Gasteiger partial charge in [0, 0.05) is 13.3 Å². The second-order valence-electron chi connectivity index (χ2n) is 4.72. The first-order chi connectivity index (χ1) is 9.13. The molecule has 1 N–H and O–H groups in total. The minimum atomic E-state index is -0.112. The van der Waals surface area contributed by atoms with Gasteiger partial charge in [-0.3, -0.25) is 4.99 Å². The molecule has 2 unspecified atom stereocenters. The Morgan fingerprint density at radius 3 is 2.79 bits per heavy atom. The topological polar surface area (TPSA) is 33.6 Å². The second kappa shape index (κ2) is 12.1. The van der Waals surface area contributed by atoms with Crippen molar-refractivity contribution in [2.45, 2.75) is 38.7 Å². The third-order valence-corrected chi connectivity index (χ3v) is 3.13. The molecule has 4 heteroatoms. The van der Waals surface area contributed by atoms with Crippen LogP contribution in [0, 0.1) is 5.92 Å². The SMILES string of the molecule is C=N/C=C\C=C(\F)CCC(CCNC)CC(C)OC. The normalized spacial score (nSPS) is 15.7. The van der Waals surface area contributed by atoms with Crippen molar-refractivity contribution < 1.29 is 9.13 Å². The van der Waals surface area contributed by atoms with Crippen LogP contribution in [0.5, 0.6) is 0 Å². The molecule has 0 aromatic heterocycles. The molecular formula is C15H27FN2O. The summed E-state index contributed by atoms with van der Waals surface area (Å²) in [6.45, 7) is 6.30. The Morgan fingerprint density at radius 1 is 1.47 bits per heavy atom. The predicted octanol–water partition coefficient (Wildman–Crippen LogP) is 3.49. The van der Waals surface area contributed by atoms with Crippen molar-refractivity contribution in [2.75, 3.05) is 20.7 Å². The number of rotatable bonds is 11. The highest BCUT2D eigenvalue weighted by molar-refractivity contribution is 5.26. The van der Waals surface area contributed by atoms with Crippen LogP contribution in [0.4, 0.5) is 4.39 Å². The molecule has 2 atom stereocenters. The van der Waals surface area contributed by atoms with Gasteiger partial charge in [-0.1, -0.05) is 0 Å². The minimum Gasteiger partial charge on any atom is -0.382 e. The molecule has 0 aliphatic rings. The summed E-state index contributed by atoms with van der Waals surface area (Å²) in [5, 5.41) is 3.14. The van der Waals surface area contributed by atoms with E-state index < -0.39 is 0 Å². The van der Waals surface area contributed by atoms with Crippen molar-refractivity contribution >= 4 is 6.72 Å². The van der Waals surface area contributed by atoms with E-state index in [0.29, 0.717) is 12.3 Å². The summed E-state index contributed by atoms with van der Waals surface area (Å²) in [5.41, 5.74) is 0. The largest absolute Gasteiger partial charge is 0.382 e. The second-order valence-corrected chi connectivity index (χ2v) is 4.72. The van der Waals surface area contributed by atoms with Gasteiger partial charge in [0.1, 0.15) is 0 Å². The standard InChI is InChI=1S/C15H27FN2O/c1-13(19-4)12-14(9-11-18-3)7-8-15(16)6-5-10-17-2/h5-6,10,13-14,18H,2,7-9,11-12H2,1,3-4H3/b10-5-,15-6+. The average Bonchev–Trinajstić information content (AvgIpc) is 2.41. The summed E-state index contributed by atoms with van der Waals surface area (Å²) in [6.07, 6.45) is 8.03. The number of hydrogen-bond acceptors (Lipinski definition) is 3. The van der Waals surface area contributed by atoms with E-state index in [9.17, 15) is 4.39 Å². The average molecular weight is 270 g/mol. The van der Waals surface area contributed by atoms with Crippen LogP contribution in [0.15, 0.2) is 29.2 Å². The Hall–Kier alpha value is -1.00. The van der Waals surface area contributed by atoms with Gasteiger partial charge < -0.3 is 10.1 Å². The zero-order chi connectivity index (χ0) is 14.5. The fraction of sp³-hybridized carbons (Fsp3) is 0.667. The van der Waals surface area contributed by atoms with E-state index in [1.165, 1.54) is 12.3 Å². The Balaban J connectivity index is 4.19. The highest BCUT2D eigenvalue weighted by atomic mass is 19.1. The quantitative estimate of drug-likeness (QED) is 0.460. The summed E-state index contributed by atoms with van der Waals surface area (Å²) in [5.74, 6) is 0.363. The summed E-state index contributed by atoms with van der Waals surface area (Å²) in [7, 11) is 3.65. The summed E-state index contributed by atoms with van der Waals surface area (Å²) in [6, 6.07) is 0. The molecule has 0 aromatic carbocycles. The zero-order valence-electron chi connectivity index (χ0n) is 12.4. The van der Waals surface area contributed by atoms with Crippen LogP contribution in [-0.2, 0) is 4.74 Å². The molecule has 0 aliphatic carbocycles. The van der Waals surface area contributed by atoms with Gasteiger partial charge in [-0.25, -0.2) is 4.39 Å². The van der Waals surface area contributed by atoms with Crippen molar-refractivity contribution in [3.8, 4) is 0 Å². The van der Waals surface area contributed by atoms with Gasteiger partial charge in [-0.15, -0.1) is 0 Å². The molecule has 0 saturated carbocycles. The molecule has 0 bridgehead atoms. The number of nitrogens with one attached hydrogen (secondary N) is 1. The minimum absolute atomic E-state index is 0.112. The molecule has 0 radical (unpaired) electrons. The van der Waals surface area contributed by atoms with E-state index in [4.69, 9.17) is 4.74 Å². The first-order valence-corrected chi connectivity index (χ1v) is 6.78. The van der Waals surface area contributed by atoms with Crippen LogP contribution >= 0.6 is 0 Å². The molecular weight excluding hydrogens is 243 g/mol. The number of hydrogen-bond donors (Lipinski definition) is 1. The molecule has 0 aromatic rings. The van der Waals surface area contributed by atoms with E-state index in [2.05, 4.69) is 24.0 Å². The lowest BCUT2D eigenvalue weighted by Crippen LogP contribution is -2.18. The molecule has 0 saturated heterocycles. The number of allylic oxidation sites excluding steroid dienone is 3. The Bertz CT molecular complexity index is 290. The van der Waals surface area contributed by atoms with E-state index in [1.807, 2.05) is 7.05 Å². The van der Waals surface area contributed by atoms with Crippen molar-refractivity contribution in [2.24, 2.45) is 10.9 Å². The van der Waals surface area contributed by atoms with Crippen LogP contribution < -0.4 is 5.32 Å². The molecule has 0 spiro atoms. The molecule has 0 fully saturated rings. The van der Waals surface area contributed by atoms with Gasteiger partial charge >= 0.3 is 0 Å². The van der Waals surface area contributed by atoms with Crippen LogP contribution in [0.1, 0.15) is 32.6 Å². The molecule has 19 heavy (non-hydrogen) atoms. The Labute approximate surface area is 116 Å². The molecule has 3 nitrogen and oxygen atoms in total. The van der Waals surface area contributed by atoms with Crippen LogP contribution in [-0.4, -0.2) is 33.5 Å². The monoisotopic (exact) mass is 270 g/mol. The smallest absolute Gasteiger partial charge is 0.1000 e. The van der Waals surface area contributed by atoms with E-state index in [0.717, 1.165) is 25.8 Å². The van der Waals surface area contributed by atoms with Crippen molar-refractivity contribution in [3.05, 3.63) is 24.2 Å². The molecule has 0 amide bonds. The fourth-order valence-electron chi connectivity index (χ4n) is 1.93. The van der Waals surface area contributed by atoms with Gasteiger partial charge in [0.05, 0.1) is 11.9 Å². The molecule has 0 heterocycles. The summed E-state index contributed by atoms with van der Waals surface area (Å²) >= 11 is 0. The van der Waals surface area contributed by atoms with Crippen molar-refractivity contribution in [3.63, 3.8) is 0 Å². The third kappa shape index (κ3) is 10.6. The maximum absolute atomic E-state index is 13.5. The maximum Gasteiger partial charge on any atom is 0.1000 e. The number of halogens is 1. The maximum atomic E-state index is 13.5. The first-order valence-electron chi connectivity index (χ1n) is 6.78. The predicted molar refractivity (Wildman–Crippen MR) is 80.2 cm³/mol. The lowest BCUT2D eigenvalue weighted by atomic mass is 9.93. The van der Waals surface area contributed by atoms with Crippen molar-refractivity contribution in [1.29, 1.82) is 0 Å². The van der Waals surface area contributed by atoms with E-state index in [-0.39, 0.29) is 11.9 Å². The highest BCUT2D eigenvalue weighted by Gasteiger charge is 2.13. The number of nitrogens with zero attached hydrogens (tertiary/aromatic N) is 1. The van der Waals surface area contributed by atoms with Gasteiger partial charge in [0.15, 0.2) is 0 Å². The molecule has 110 valence electrons. The van der Waals surface area contributed by atoms with E-state index in [1.54, 1.807) is 13.2 Å². The molecule has 0 rings (SSSR count). The zero-order valence-corrected chi connectivity index (χ0v) is 12.4. The summed E-state index contributed by atoms with van der Waals surface area (Å²) < 4.78 is 18.8. The van der Waals surface area contributed by atoms with Gasteiger partial charge in [0.2, 0.25) is 0 Å². The van der Waals surface area contributed by atoms with Crippen molar-refractivity contribution in [1.82, 2.24) is 5.32 Å². The highest BCUT2D eigenvalue weighted by Crippen LogP contribution is 2.21. The first kappa shape index (κ1) is 18.0. The van der Waals surface area contributed by atoms with Gasteiger partial charge in [-0.05, 0) is 71.0 Å². The lowest BCUT2D eigenvalue weighted by Gasteiger charge is -2.19. The number of aliphatic imine (C=N–C) groups is 1. The van der Waals surface area contributed by atoms with Crippen LogP contribution in [0.3, 0.4) is 0 Å². The summed E-state index contributed by atoms with van der Waals surface area (Å²) in [4.78, 5) is 3.53. The van der Waals surface area contributed by atoms with Crippen LogP contribution in [0.25, 0.3) is 0 Å². The fourth-order valence-corrected chi connectivity index (χ4v) is 1.93. The Morgan fingerprint density at radius 2 is 2.21 bits per heavy atom. The van der Waals surface area contributed by atoms with E-state index >= 15 is 0 Å². The number of ether oxygens (including phenoxy) is 1.